The summed E-state index contributed by atoms with van der Waals surface area (Å²) in [6, 6.07) is 4.96. The standard InChI is InChI=1S/C15H18FN5O/c1-10-3-4-12(16)11(9-10)5-7-17-14(22)13-19-15-18-6-2-8-21(15)20-13/h3-4,9H,2,5-8H2,1H3,(H,17,22)(H,18,19,20). The molecule has 2 aromatic rings. The van der Waals surface area contributed by atoms with Crippen LogP contribution in [0, 0.1) is 12.7 Å². The molecule has 1 amide bonds. The highest BCUT2D eigenvalue weighted by atomic mass is 19.1. The van der Waals surface area contributed by atoms with E-state index >= 15 is 0 Å². The second-order valence-corrected chi connectivity index (χ2v) is 5.36. The van der Waals surface area contributed by atoms with E-state index in [2.05, 4.69) is 20.7 Å². The number of anilines is 1. The van der Waals surface area contributed by atoms with Crippen molar-refractivity contribution >= 4 is 11.9 Å². The van der Waals surface area contributed by atoms with E-state index < -0.39 is 0 Å². The number of halogens is 1. The maximum atomic E-state index is 13.6. The number of hydrogen-bond donors (Lipinski definition) is 2. The minimum absolute atomic E-state index is 0.147. The lowest BCUT2D eigenvalue weighted by molar-refractivity contribution is 0.0943. The second-order valence-electron chi connectivity index (χ2n) is 5.36. The molecule has 0 saturated heterocycles. The molecule has 7 heteroatoms. The Hall–Kier alpha value is -2.44. The number of nitrogens with zero attached hydrogens (tertiary/aromatic N) is 3. The van der Waals surface area contributed by atoms with E-state index in [1.807, 2.05) is 6.92 Å². The monoisotopic (exact) mass is 303 g/mol. The summed E-state index contributed by atoms with van der Waals surface area (Å²) in [5.74, 6) is 0.187. The minimum Gasteiger partial charge on any atom is -0.354 e. The molecular formula is C15H18FN5O. The number of nitrogens with one attached hydrogen (secondary N) is 2. The predicted octanol–water partition coefficient (Wildman–Crippen LogP) is 1.51. The van der Waals surface area contributed by atoms with Crippen molar-refractivity contribution in [3.05, 3.63) is 41.0 Å². The van der Waals surface area contributed by atoms with Crippen LogP contribution >= 0.6 is 0 Å². The molecule has 0 fully saturated rings. The summed E-state index contributed by atoms with van der Waals surface area (Å²) in [6.45, 7) is 3.86. The quantitative estimate of drug-likeness (QED) is 0.898. The molecule has 0 spiro atoms. The Labute approximate surface area is 127 Å². The van der Waals surface area contributed by atoms with E-state index in [0.29, 0.717) is 24.5 Å². The van der Waals surface area contributed by atoms with Gasteiger partial charge in [-0.15, -0.1) is 5.10 Å². The molecule has 0 unspecified atom stereocenters. The van der Waals surface area contributed by atoms with Gasteiger partial charge in [-0.2, -0.15) is 4.98 Å². The lowest BCUT2D eigenvalue weighted by atomic mass is 10.1. The van der Waals surface area contributed by atoms with Gasteiger partial charge in [0.15, 0.2) is 0 Å². The maximum Gasteiger partial charge on any atom is 0.291 e. The summed E-state index contributed by atoms with van der Waals surface area (Å²) in [5.41, 5.74) is 1.59. The third-order valence-electron chi connectivity index (χ3n) is 3.59. The first-order valence-electron chi connectivity index (χ1n) is 7.35. The van der Waals surface area contributed by atoms with Crippen molar-refractivity contribution in [3.8, 4) is 0 Å². The van der Waals surface area contributed by atoms with Gasteiger partial charge in [0.05, 0.1) is 0 Å². The van der Waals surface area contributed by atoms with Gasteiger partial charge in [0.25, 0.3) is 5.91 Å². The molecule has 1 aromatic heterocycles. The summed E-state index contributed by atoms with van der Waals surface area (Å²) in [4.78, 5) is 16.2. The van der Waals surface area contributed by atoms with E-state index in [0.717, 1.165) is 25.1 Å². The molecule has 116 valence electrons. The average Bonchev–Trinajstić information content (AvgIpc) is 2.94. The highest BCUT2D eigenvalue weighted by Crippen LogP contribution is 2.12. The number of aryl methyl sites for hydroxylation is 2. The number of amides is 1. The normalized spacial score (nSPS) is 13.4. The third-order valence-corrected chi connectivity index (χ3v) is 3.59. The van der Waals surface area contributed by atoms with Gasteiger partial charge in [-0.25, -0.2) is 9.07 Å². The molecule has 22 heavy (non-hydrogen) atoms. The highest BCUT2D eigenvalue weighted by molar-refractivity contribution is 5.90. The van der Waals surface area contributed by atoms with Gasteiger partial charge < -0.3 is 10.6 Å². The van der Waals surface area contributed by atoms with Gasteiger partial charge >= 0.3 is 0 Å². The molecule has 6 nitrogen and oxygen atoms in total. The van der Waals surface area contributed by atoms with Crippen LogP contribution in [0.4, 0.5) is 10.3 Å². The summed E-state index contributed by atoms with van der Waals surface area (Å²) >= 11 is 0. The van der Waals surface area contributed by atoms with Crippen molar-refractivity contribution in [2.24, 2.45) is 0 Å². The molecule has 2 heterocycles. The molecule has 1 aliphatic heterocycles. The number of carbonyl (C=O) groups is 1. The average molecular weight is 303 g/mol. The number of aromatic nitrogens is 3. The Morgan fingerprint density at radius 1 is 1.50 bits per heavy atom. The van der Waals surface area contributed by atoms with Gasteiger partial charge in [0.2, 0.25) is 11.8 Å². The molecule has 0 saturated carbocycles. The van der Waals surface area contributed by atoms with Gasteiger partial charge in [-0.3, -0.25) is 4.79 Å². The fraction of sp³-hybridized carbons (Fsp3) is 0.400. The van der Waals surface area contributed by atoms with Gasteiger partial charge in [0.1, 0.15) is 5.82 Å². The topological polar surface area (TPSA) is 71.8 Å². The fourth-order valence-electron chi connectivity index (χ4n) is 2.44. The first kappa shape index (κ1) is 14.5. The van der Waals surface area contributed by atoms with Crippen LogP contribution in [0.1, 0.15) is 28.2 Å². The lowest BCUT2D eigenvalue weighted by Gasteiger charge is -2.12. The Morgan fingerprint density at radius 2 is 2.36 bits per heavy atom. The van der Waals surface area contributed by atoms with E-state index in [-0.39, 0.29) is 17.5 Å². The molecule has 0 atom stereocenters. The molecule has 1 aliphatic rings. The van der Waals surface area contributed by atoms with Gasteiger partial charge in [-0.05, 0) is 31.4 Å². The number of carbonyl (C=O) groups excluding carboxylic acids is 1. The number of fused-ring (bicyclic) bond motifs is 1. The zero-order chi connectivity index (χ0) is 15.5. The maximum absolute atomic E-state index is 13.6. The zero-order valence-electron chi connectivity index (χ0n) is 12.4. The largest absolute Gasteiger partial charge is 0.354 e. The SMILES string of the molecule is Cc1ccc(F)c(CCNC(=O)c2nc3n(n2)CCCN3)c1. The summed E-state index contributed by atoms with van der Waals surface area (Å²) in [6.07, 6.45) is 1.40. The van der Waals surface area contributed by atoms with Crippen LogP contribution in [0.3, 0.4) is 0 Å². The first-order chi connectivity index (χ1) is 10.6. The Kier molecular flexibility index (Phi) is 4.04. The first-order valence-corrected chi connectivity index (χ1v) is 7.35. The molecule has 1 aromatic carbocycles. The smallest absolute Gasteiger partial charge is 0.291 e. The summed E-state index contributed by atoms with van der Waals surface area (Å²) in [7, 11) is 0. The van der Waals surface area contributed by atoms with Crippen LogP contribution in [0.15, 0.2) is 18.2 Å². The lowest BCUT2D eigenvalue weighted by Crippen LogP contribution is -2.27. The molecule has 0 aliphatic carbocycles. The van der Waals surface area contributed by atoms with Crippen LogP contribution in [0.2, 0.25) is 0 Å². The van der Waals surface area contributed by atoms with Crippen molar-refractivity contribution in [2.75, 3.05) is 18.4 Å². The van der Waals surface area contributed by atoms with Gasteiger partial charge in [0, 0.05) is 19.6 Å². The third kappa shape index (κ3) is 3.08. The van der Waals surface area contributed by atoms with E-state index in [1.54, 1.807) is 16.8 Å². The Balaban J connectivity index is 1.58. The van der Waals surface area contributed by atoms with Crippen LogP contribution < -0.4 is 10.6 Å². The van der Waals surface area contributed by atoms with Crippen molar-refractivity contribution in [1.82, 2.24) is 20.1 Å². The van der Waals surface area contributed by atoms with Crippen molar-refractivity contribution in [2.45, 2.75) is 26.3 Å². The van der Waals surface area contributed by atoms with E-state index in [4.69, 9.17) is 0 Å². The molecular weight excluding hydrogens is 285 g/mol. The van der Waals surface area contributed by atoms with Crippen LogP contribution in [-0.2, 0) is 13.0 Å². The van der Waals surface area contributed by atoms with Crippen molar-refractivity contribution < 1.29 is 9.18 Å². The fourth-order valence-corrected chi connectivity index (χ4v) is 2.44. The molecule has 0 radical (unpaired) electrons. The van der Waals surface area contributed by atoms with Crippen molar-refractivity contribution in [3.63, 3.8) is 0 Å². The highest BCUT2D eigenvalue weighted by Gasteiger charge is 2.18. The number of hydrogen-bond acceptors (Lipinski definition) is 4. The Bertz CT molecular complexity index is 674. The minimum atomic E-state index is -0.336. The van der Waals surface area contributed by atoms with E-state index in [9.17, 15) is 9.18 Å². The Morgan fingerprint density at radius 3 is 3.18 bits per heavy atom. The summed E-state index contributed by atoms with van der Waals surface area (Å²) < 4.78 is 15.3. The van der Waals surface area contributed by atoms with Crippen LogP contribution in [0.25, 0.3) is 0 Å². The van der Waals surface area contributed by atoms with Crippen LogP contribution in [0.5, 0.6) is 0 Å². The van der Waals surface area contributed by atoms with Gasteiger partial charge in [-0.1, -0.05) is 17.7 Å². The van der Waals surface area contributed by atoms with E-state index in [1.165, 1.54) is 6.07 Å². The molecule has 0 bridgehead atoms. The van der Waals surface area contributed by atoms with Crippen LogP contribution in [-0.4, -0.2) is 33.8 Å². The summed E-state index contributed by atoms with van der Waals surface area (Å²) in [5, 5.41) is 9.99. The molecule has 3 rings (SSSR count). The number of benzene rings is 1. The number of rotatable bonds is 4. The predicted molar refractivity (Wildman–Crippen MR) is 80.3 cm³/mol. The zero-order valence-corrected chi connectivity index (χ0v) is 12.4. The second kappa shape index (κ2) is 6.13. The van der Waals surface area contributed by atoms with Crippen molar-refractivity contribution in [1.29, 1.82) is 0 Å². The molecule has 2 N–H and O–H groups in total.